The lowest BCUT2D eigenvalue weighted by Gasteiger charge is -2.26. The molecule has 3 rings (SSSR count). The van der Waals surface area contributed by atoms with Gasteiger partial charge in [0, 0.05) is 29.2 Å². The lowest BCUT2D eigenvalue weighted by Crippen LogP contribution is -2.36. The van der Waals surface area contributed by atoms with Crippen molar-refractivity contribution in [3.05, 3.63) is 54.1 Å². The molecule has 0 radical (unpaired) electrons. The average Bonchev–Trinajstić information content (AvgIpc) is 2.75. The summed E-state index contributed by atoms with van der Waals surface area (Å²) in [6.45, 7) is 6.02. The Bertz CT molecular complexity index is 927. The van der Waals surface area contributed by atoms with Crippen molar-refractivity contribution in [1.82, 2.24) is 4.31 Å². The first kappa shape index (κ1) is 19.9. The van der Waals surface area contributed by atoms with Gasteiger partial charge in [-0.05, 0) is 37.6 Å². The van der Waals surface area contributed by atoms with E-state index in [-0.39, 0.29) is 22.1 Å². The molecule has 5 nitrogen and oxygen atoms in total. The molecule has 1 heterocycles. The molecule has 0 saturated carbocycles. The molecule has 0 spiro atoms. The van der Waals surface area contributed by atoms with Crippen molar-refractivity contribution in [3.8, 4) is 0 Å². The fourth-order valence-corrected chi connectivity index (χ4v) is 5.74. The normalized spacial score (nSPS) is 17.5. The van der Waals surface area contributed by atoms with Crippen LogP contribution in [0.2, 0.25) is 0 Å². The molecule has 0 saturated heterocycles. The topological polar surface area (TPSA) is 66.5 Å². The van der Waals surface area contributed by atoms with Gasteiger partial charge >= 0.3 is 0 Å². The number of hydrogen-bond acceptors (Lipinski definition) is 4. The Morgan fingerprint density at radius 2 is 1.89 bits per heavy atom. The molecule has 0 fully saturated rings. The highest BCUT2D eigenvalue weighted by Gasteiger charge is 2.29. The molecule has 1 atom stereocenters. The summed E-state index contributed by atoms with van der Waals surface area (Å²) < 4.78 is 28.1. The van der Waals surface area contributed by atoms with Crippen molar-refractivity contribution in [2.24, 2.45) is 0 Å². The fourth-order valence-electron chi connectivity index (χ4n) is 3.03. The molecule has 144 valence electrons. The molecular formula is C20H24N2O3S2. The van der Waals surface area contributed by atoms with E-state index in [0.29, 0.717) is 18.7 Å². The Kier molecular flexibility index (Phi) is 5.93. The van der Waals surface area contributed by atoms with Crippen molar-refractivity contribution >= 4 is 33.4 Å². The van der Waals surface area contributed by atoms with E-state index in [2.05, 4.69) is 5.32 Å². The van der Waals surface area contributed by atoms with Gasteiger partial charge in [-0.15, -0.1) is 11.8 Å². The maximum Gasteiger partial charge on any atom is 0.243 e. The number of carbonyl (C=O) groups excluding carboxylic acids is 1. The van der Waals surface area contributed by atoms with Gasteiger partial charge in [-0.2, -0.15) is 4.31 Å². The highest BCUT2D eigenvalue weighted by Crippen LogP contribution is 2.37. The highest BCUT2D eigenvalue weighted by molar-refractivity contribution is 8.00. The van der Waals surface area contributed by atoms with Gasteiger partial charge in [0.05, 0.1) is 10.6 Å². The summed E-state index contributed by atoms with van der Waals surface area (Å²) in [5.74, 6) is -0.0895. The molecule has 2 aromatic rings. The molecule has 1 aliphatic rings. The quantitative estimate of drug-likeness (QED) is 0.814. The Morgan fingerprint density at radius 1 is 1.19 bits per heavy atom. The minimum Gasteiger partial charge on any atom is -0.325 e. The van der Waals surface area contributed by atoms with Crippen LogP contribution < -0.4 is 5.32 Å². The number of rotatable bonds is 5. The van der Waals surface area contributed by atoms with E-state index in [1.165, 1.54) is 4.31 Å². The number of fused-ring (bicyclic) bond motifs is 1. The summed E-state index contributed by atoms with van der Waals surface area (Å²) in [4.78, 5) is 13.1. The molecule has 1 aliphatic heterocycles. The Hall–Kier alpha value is -1.83. The molecule has 0 aromatic heterocycles. The largest absolute Gasteiger partial charge is 0.325 e. The first-order valence-corrected chi connectivity index (χ1v) is 11.3. The van der Waals surface area contributed by atoms with Gasteiger partial charge in [0.1, 0.15) is 0 Å². The van der Waals surface area contributed by atoms with Gasteiger partial charge in [-0.1, -0.05) is 37.3 Å². The zero-order valence-corrected chi connectivity index (χ0v) is 17.3. The maximum atomic E-state index is 13.3. The molecule has 1 N–H and O–H groups in total. The van der Waals surface area contributed by atoms with Crippen molar-refractivity contribution < 1.29 is 13.2 Å². The number of hydrogen-bond donors (Lipinski definition) is 1. The van der Waals surface area contributed by atoms with E-state index in [1.54, 1.807) is 30.0 Å². The van der Waals surface area contributed by atoms with Crippen LogP contribution in [0, 0.1) is 0 Å². The van der Waals surface area contributed by atoms with E-state index in [4.69, 9.17) is 0 Å². The fraction of sp³-hybridized carbons (Fsp3) is 0.350. The number of nitrogens with one attached hydrogen (secondary N) is 1. The number of anilines is 1. The van der Waals surface area contributed by atoms with Gasteiger partial charge in [0.15, 0.2) is 0 Å². The van der Waals surface area contributed by atoms with Crippen LogP contribution in [0.25, 0.3) is 0 Å². The van der Waals surface area contributed by atoms with Gasteiger partial charge in [0.25, 0.3) is 0 Å². The molecule has 2 aromatic carbocycles. The van der Waals surface area contributed by atoms with Crippen LogP contribution in [0.3, 0.4) is 0 Å². The van der Waals surface area contributed by atoms with Gasteiger partial charge in [-0.25, -0.2) is 8.42 Å². The molecule has 27 heavy (non-hydrogen) atoms. The maximum absolute atomic E-state index is 13.3. The Balaban J connectivity index is 1.96. The Morgan fingerprint density at radius 3 is 2.56 bits per heavy atom. The van der Waals surface area contributed by atoms with Crippen LogP contribution in [0.5, 0.6) is 0 Å². The van der Waals surface area contributed by atoms with E-state index in [1.807, 2.05) is 51.1 Å². The van der Waals surface area contributed by atoms with Gasteiger partial charge in [0.2, 0.25) is 15.9 Å². The molecule has 7 heteroatoms. The summed E-state index contributed by atoms with van der Waals surface area (Å²) in [6, 6.07) is 14.3. The van der Waals surface area contributed by atoms with E-state index < -0.39 is 10.0 Å². The smallest absolute Gasteiger partial charge is 0.243 e. The number of nitrogens with zero attached hydrogens (tertiary/aromatic N) is 1. The third-order valence-corrected chi connectivity index (χ3v) is 7.59. The third kappa shape index (κ3) is 4.54. The van der Waals surface area contributed by atoms with Crippen LogP contribution in [0.1, 0.15) is 32.8 Å². The zero-order chi connectivity index (χ0) is 19.6. The SMILES string of the molecule is CC1CC(=O)Nc2cc(S(=O)(=O)N(Cc3ccccc3)C(C)C)ccc2S1. The standard InChI is InChI=1S/C20H24N2O3S2/c1-14(2)22(13-16-7-5-4-6-8-16)27(24,25)17-9-10-19-18(12-17)21-20(23)11-15(3)26-19/h4-10,12,14-15H,11,13H2,1-3H3,(H,21,23). The summed E-state index contributed by atoms with van der Waals surface area (Å²) >= 11 is 1.58. The third-order valence-electron chi connectivity index (χ3n) is 4.39. The van der Waals surface area contributed by atoms with Crippen molar-refractivity contribution in [3.63, 3.8) is 0 Å². The monoisotopic (exact) mass is 404 g/mol. The molecule has 1 unspecified atom stereocenters. The predicted molar refractivity (Wildman–Crippen MR) is 109 cm³/mol. The first-order chi connectivity index (χ1) is 12.8. The predicted octanol–water partition coefficient (Wildman–Crippen LogP) is 4.11. The molecule has 0 aliphatic carbocycles. The number of amides is 1. The molecule has 1 amide bonds. The molecule has 0 bridgehead atoms. The highest BCUT2D eigenvalue weighted by atomic mass is 32.2. The van der Waals surface area contributed by atoms with Crippen LogP contribution in [0.4, 0.5) is 5.69 Å². The van der Waals surface area contributed by atoms with E-state index in [0.717, 1.165) is 10.5 Å². The van der Waals surface area contributed by atoms with E-state index in [9.17, 15) is 13.2 Å². The zero-order valence-electron chi connectivity index (χ0n) is 15.7. The van der Waals surface area contributed by atoms with Crippen LogP contribution in [-0.4, -0.2) is 29.9 Å². The second-order valence-corrected chi connectivity index (χ2v) is 10.3. The van der Waals surface area contributed by atoms with Crippen molar-refractivity contribution in [2.75, 3.05) is 5.32 Å². The minimum atomic E-state index is -3.70. The minimum absolute atomic E-state index is 0.0895. The van der Waals surface area contributed by atoms with Crippen molar-refractivity contribution in [2.45, 2.75) is 54.8 Å². The van der Waals surface area contributed by atoms with Gasteiger partial charge < -0.3 is 5.32 Å². The average molecular weight is 405 g/mol. The molecular weight excluding hydrogens is 380 g/mol. The van der Waals surface area contributed by atoms with E-state index >= 15 is 0 Å². The van der Waals surface area contributed by atoms with Crippen LogP contribution in [0.15, 0.2) is 58.3 Å². The van der Waals surface area contributed by atoms with Gasteiger partial charge in [-0.3, -0.25) is 4.79 Å². The summed E-state index contributed by atoms with van der Waals surface area (Å²) in [6.07, 6.45) is 0.410. The second kappa shape index (κ2) is 8.04. The van der Waals surface area contributed by atoms with Crippen molar-refractivity contribution in [1.29, 1.82) is 0 Å². The lowest BCUT2D eigenvalue weighted by atomic mass is 10.2. The summed E-state index contributed by atoms with van der Waals surface area (Å²) in [5, 5.41) is 2.99. The summed E-state index contributed by atoms with van der Waals surface area (Å²) in [5.41, 5.74) is 1.50. The number of sulfonamides is 1. The number of carbonyl (C=O) groups is 1. The number of thioether (sulfide) groups is 1. The first-order valence-electron chi connectivity index (χ1n) is 8.93. The lowest BCUT2D eigenvalue weighted by molar-refractivity contribution is -0.116. The van der Waals surface area contributed by atoms with Crippen LogP contribution >= 0.6 is 11.8 Å². The second-order valence-electron chi connectivity index (χ2n) is 6.97. The van der Waals surface area contributed by atoms with Crippen LogP contribution in [-0.2, 0) is 21.4 Å². The number of benzene rings is 2. The Labute approximate surface area is 165 Å². The summed E-state index contributed by atoms with van der Waals surface area (Å²) in [7, 11) is -3.70.